The molecule has 0 radical (unpaired) electrons. The lowest BCUT2D eigenvalue weighted by atomic mass is 10.2. The second-order valence-corrected chi connectivity index (χ2v) is 6.82. The number of ether oxygens (including phenoxy) is 1. The summed E-state index contributed by atoms with van der Waals surface area (Å²) in [6.45, 7) is 1.47. The van der Waals surface area contributed by atoms with E-state index in [1.165, 1.54) is 17.0 Å². The Morgan fingerprint density at radius 3 is 2.56 bits per heavy atom. The van der Waals surface area contributed by atoms with Crippen LogP contribution in [0.3, 0.4) is 0 Å². The van der Waals surface area contributed by atoms with E-state index in [1.807, 2.05) is 49.4 Å². The summed E-state index contributed by atoms with van der Waals surface area (Å²) in [6.07, 6.45) is 2.92. The highest BCUT2D eigenvalue weighted by Crippen LogP contribution is 2.21. The molecule has 0 aliphatic carbocycles. The van der Waals surface area contributed by atoms with Gasteiger partial charge in [0.1, 0.15) is 5.76 Å². The third-order valence-electron chi connectivity index (χ3n) is 4.43. The van der Waals surface area contributed by atoms with Crippen LogP contribution in [0.1, 0.15) is 11.3 Å². The molecule has 9 heteroatoms. The average Bonchev–Trinajstić information content (AvgIpc) is 3.50. The molecular formula is C23H19N5O4. The summed E-state index contributed by atoms with van der Waals surface area (Å²) in [6, 6.07) is 19.8. The molecule has 32 heavy (non-hydrogen) atoms. The van der Waals surface area contributed by atoms with Crippen molar-refractivity contribution in [3.63, 3.8) is 0 Å². The summed E-state index contributed by atoms with van der Waals surface area (Å²) in [5.41, 5.74) is 2.37. The van der Waals surface area contributed by atoms with Gasteiger partial charge in [-0.05, 0) is 41.6 Å². The number of aryl methyl sites for hydroxylation is 1. The van der Waals surface area contributed by atoms with Gasteiger partial charge < -0.3 is 14.5 Å². The first kappa shape index (κ1) is 20.7. The van der Waals surface area contributed by atoms with E-state index in [0.717, 1.165) is 5.56 Å². The molecule has 0 fully saturated rings. The first-order chi connectivity index (χ1) is 15.6. The molecule has 0 bridgehead atoms. The fraction of sp³-hybridized carbons (Fsp3) is 0.0870. The maximum atomic E-state index is 12.9. The highest BCUT2D eigenvalue weighted by molar-refractivity contribution is 6.16. The fourth-order valence-corrected chi connectivity index (χ4v) is 2.87. The van der Waals surface area contributed by atoms with Crippen LogP contribution in [0.5, 0.6) is 0 Å². The van der Waals surface area contributed by atoms with Crippen LogP contribution in [0.15, 0.2) is 77.4 Å². The van der Waals surface area contributed by atoms with Gasteiger partial charge >= 0.3 is 5.97 Å². The number of hydrogen-bond donors (Lipinski definition) is 1. The molecule has 0 atom stereocenters. The molecule has 0 spiro atoms. The fourth-order valence-electron chi connectivity index (χ4n) is 2.87. The Hall–Kier alpha value is -4.53. The van der Waals surface area contributed by atoms with Crippen molar-refractivity contribution in [3.05, 3.63) is 84.3 Å². The summed E-state index contributed by atoms with van der Waals surface area (Å²) in [7, 11) is 0. The molecule has 0 unspecified atom stereocenters. The number of carbonyl (C=O) groups excluding carboxylic acids is 2. The molecule has 160 valence electrons. The Kier molecular flexibility index (Phi) is 6.17. The van der Waals surface area contributed by atoms with Gasteiger partial charge in [0.2, 0.25) is 0 Å². The Balaban J connectivity index is 1.54. The number of anilines is 1. The van der Waals surface area contributed by atoms with Crippen molar-refractivity contribution in [3.8, 4) is 11.4 Å². The number of nitrogens with one attached hydrogen (secondary N) is 1. The minimum absolute atomic E-state index is 0.00746. The topological polar surface area (TPSA) is 112 Å². The molecule has 1 N–H and O–H groups in total. The van der Waals surface area contributed by atoms with Gasteiger partial charge in [-0.1, -0.05) is 48.0 Å². The summed E-state index contributed by atoms with van der Waals surface area (Å²) in [5.74, 6) is -0.524. The summed E-state index contributed by atoms with van der Waals surface area (Å²) < 4.78 is 11.8. The van der Waals surface area contributed by atoms with Gasteiger partial charge in [-0.25, -0.2) is 4.79 Å². The minimum Gasteiger partial charge on any atom is -0.465 e. The number of tetrazole rings is 1. The van der Waals surface area contributed by atoms with E-state index >= 15 is 0 Å². The van der Waals surface area contributed by atoms with E-state index in [9.17, 15) is 9.59 Å². The van der Waals surface area contributed by atoms with Crippen molar-refractivity contribution in [2.75, 3.05) is 11.9 Å². The number of aromatic nitrogens is 4. The predicted octanol–water partition coefficient (Wildman–Crippen LogP) is 3.42. The molecule has 9 nitrogen and oxygen atoms in total. The van der Waals surface area contributed by atoms with Gasteiger partial charge in [0.05, 0.1) is 6.26 Å². The molecule has 0 saturated heterocycles. The zero-order valence-corrected chi connectivity index (χ0v) is 17.1. The van der Waals surface area contributed by atoms with Crippen LogP contribution in [0.2, 0.25) is 0 Å². The smallest absolute Gasteiger partial charge is 0.357 e. The average molecular weight is 429 g/mol. The zero-order valence-electron chi connectivity index (χ0n) is 17.1. The maximum absolute atomic E-state index is 12.9. The Bertz CT molecular complexity index is 1230. The summed E-state index contributed by atoms with van der Waals surface area (Å²) in [4.78, 5) is 25.2. The van der Waals surface area contributed by atoms with Crippen LogP contribution in [-0.4, -0.2) is 38.7 Å². The number of amides is 1. The van der Waals surface area contributed by atoms with E-state index < -0.39 is 18.5 Å². The van der Waals surface area contributed by atoms with Crippen molar-refractivity contribution in [1.29, 1.82) is 0 Å². The van der Waals surface area contributed by atoms with Crippen molar-refractivity contribution in [2.24, 2.45) is 0 Å². The third kappa shape index (κ3) is 4.96. The van der Waals surface area contributed by atoms with Gasteiger partial charge in [-0.2, -0.15) is 4.68 Å². The van der Waals surface area contributed by atoms with E-state index in [4.69, 9.17) is 9.15 Å². The molecule has 0 aliphatic rings. The molecule has 0 saturated carbocycles. The summed E-state index contributed by atoms with van der Waals surface area (Å²) in [5, 5.41) is 14.3. The van der Waals surface area contributed by atoms with Crippen LogP contribution >= 0.6 is 0 Å². The molecular weight excluding hydrogens is 410 g/mol. The van der Waals surface area contributed by atoms with Crippen molar-refractivity contribution in [1.82, 2.24) is 20.2 Å². The van der Waals surface area contributed by atoms with E-state index in [-0.39, 0.29) is 5.70 Å². The van der Waals surface area contributed by atoms with Crippen LogP contribution < -0.4 is 5.32 Å². The Labute approximate surface area is 183 Å². The zero-order chi connectivity index (χ0) is 22.3. The highest BCUT2D eigenvalue weighted by Gasteiger charge is 2.22. The first-order valence-electron chi connectivity index (χ1n) is 9.73. The molecule has 1 amide bonds. The number of carbonyl (C=O) groups is 2. The van der Waals surface area contributed by atoms with Gasteiger partial charge in [0, 0.05) is 17.3 Å². The van der Waals surface area contributed by atoms with Crippen molar-refractivity contribution >= 4 is 29.3 Å². The van der Waals surface area contributed by atoms with Gasteiger partial charge in [0.25, 0.3) is 5.91 Å². The second-order valence-electron chi connectivity index (χ2n) is 6.82. The normalized spacial score (nSPS) is 11.2. The molecule has 2 aromatic carbocycles. The first-order valence-corrected chi connectivity index (χ1v) is 9.73. The number of esters is 1. The number of rotatable bonds is 7. The van der Waals surface area contributed by atoms with Crippen molar-refractivity contribution in [2.45, 2.75) is 6.92 Å². The quantitative estimate of drug-likeness (QED) is 0.354. The molecule has 0 aliphatic heterocycles. The minimum atomic E-state index is -0.787. The van der Waals surface area contributed by atoms with Crippen LogP contribution in [0.25, 0.3) is 23.2 Å². The summed E-state index contributed by atoms with van der Waals surface area (Å²) >= 11 is 0. The number of furan rings is 1. The molecule has 2 aromatic heterocycles. The molecule has 4 aromatic rings. The van der Waals surface area contributed by atoms with Gasteiger partial charge in [0.15, 0.2) is 18.1 Å². The van der Waals surface area contributed by atoms with E-state index in [1.54, 1.807) is 24.3 Å². The molecule has 2 heterocycles. The SMILES string of the molecule is Cc1ccc(NC(=O)COC(=O)C(=Cc2ccco2)n2nnnc2-c2ccccc2)cc1. The van der Waals surface area contributed by atoms with Crippen LogP contribution in [0.4, 0.5) is 5.69 Å². The lowest BCUT2D eigenvalue weighted by molar-refractivity contribution is -0.141. The van der Waals surface area contributed by atoms with Crippen LogP contribution in [-0.2, 0) is 14.3 Å². The van der Waals surface area contributed by atoms with Gasteiger partial charge in [-0.15, -0.1) is 5.10 Å². The van der Waals surface area contributed by atoms with E-state index in [2.05, 4.69) is 20.8 Å². The monoisotopic (exact) mass is 429 g/mol. The lowest BCUT2D eigenvalue weighted by Crippen LogP contribution is -2.23. The van der Waals surface area contributed by atoms with E-state index in [0.29, 0.717) is 22.8 Å². The third-order valence-corrected chi connectivity index (χ3v) is 4.43. The van der Waals surface area contributed by atoms with Crippen molar-refractivity contribution < 1.29 is 18.7 Å². The Morgan fingerprint density at radius 1 is 1.06 bits per heavy atom. The van der Waals surface area contributed by atoms with Crippen LogP contribution in [0, 0.1) is 6.92 Å². The highest BCUT2D eigenvalue weighted by atomic mass is 16.5. The Morgan fingerprint density at radius 2 is 1.84 bits per heavy atom. The number of nitrogens with zero attached hydrogens (tertiary/aromatic N) is 4. The lowest BCUT2D eigenvalue weighted by Gasteiger charge is -2.10. The number of benzene rings is 2. The van der Waals surface area contributed by atoms with Gasteiger partial charge in [-0.3, -0.25) is 4.79 Å². The molecule has 4 rings (SSSR count). The largest absolute Gasteiger partial charge is 0.465 e. The number of hydrogen-bond acceptors (Lipinski definition) is 7. The maximum Gasteiger partial charge on any atom is 0.357 e. The second kappa shape index (κ2) is 9.52. The predicted molar refractivity (Wildman–Crippen MR) is 117 cm³/mol. The standard InChI is InChI=1S/C23H19N5O4/c1-16-9-11-18(12-10-16)24-21(29)15-32-23(30)20(14-19-8-5-13-31-19)28-22(25-26-27-28)17-6-3-2-4-7-17/h2-14H,15H2,1H3,(H,24,29).